The molecule has 0 bridgehead atoms. The second-order valence-corrected chi connectivity index (χ2v) is 8.35. The maximum atomic E-state index is 12.7. The second kappa shape index (κ2) is 11.0. The van der Waals surface area contributed by atoms with Gasteiger partial charge in [-0.1, -0.05) is 69.5 Å². The molecular weight excluding hydrogens is 533 g/mol. The Morgan fingerprint density at radius 1 is 1.15 bits per heavy atom. The molecule has 166 valence electrons. The number of carbonyl (C=O) groups excluding carboxylic acids is 1. The summed E-state index contributed by atoms with van der Waals surface area (Å²) in [5, 5.41) is 22.7. The molecule has 0 aromatic heterocycles. The lowest BCUT2D eigenvalue weighted by Gasteiger charge is -2.11. The van der Waals surface area contributed by atoms with Gasteiger partial charge in [-0.25, -0.2) is 0 Å². The number of non-ortho nitro benzene ring substituents is 1. The smallest absolute Gasteiger partial charge is 0.272 e. The number of hydrogen-bond donors (Lipinski definition) is 1. The third kappa shape index (κ3) is 6.33. The van der Waals surface area contributed by atoms with Crippen molar-refractivity contribution in [2.45, 2.75) is 6.61 Å². The lowest BCUT2D eigenvalue weighted by molar-refractivity contribution is -0.384. The molecule has 0 saturated carbocycles. The molecule has 33 heavy (non-hydrogen) atoms. The highest BCUT2D eigenvalue weighted by Gasteiger charge is 2.19. The van der Waals surface area contributed by atoms with E-state index in [4.69, 9.17) is 27.9 Å². The van der Waals surface area contributed by atoms with Crippen molar-refractivity contribution in [2.75, 3.05) is 5.32 Å². The molecule has 0 fully saturated rings. The van der Waals surface area contributed by atoms with Crippen molar-refractivity contribution in [1.82, 2.24) is 0 Å². The van der Waals surface area contributed by atoms with E-state index in [0.29, 0.717) is 17.9 Å². The zero-order valence-corrected chi connectivity index (χ0v) is 19.8. The maximum absolute atomic E-state index is 12.7. The van der Waals surface area contributed by atoms with Gasteiger partial charge < -0.3 is 10.1 Å². The molecule has 3 aromatic carbocycles. The number of benzene rings is 3. The van der Waals surface area contributed by atoms with Crippen molar-refractivity contribution in [1.29, 1.82) is 5.26 Å². The number of halogens is 3. The van der Waals surface area contributed by atoms with Gasteiger partial charge in [0.1, 0.15) is 24.0 Å². The van der Waals surface area contributed by atoms with Crippen molar-refractivity contribution in [3.63, 3.8) is 0 Å². The second-order valence-electron chi connectivity index (χ2n) is 6.62. The van der Waals surface area contributed by atoms with Crippen LogP contribution < -0.4 is 10.1 Å². The van der Waals surface area contributed by atoms with Crippen LogP contribution in [0.2, 0.25) is 10.0 Å². The summed E-state index contributed by atoms with van der Waals surface area (Å²) in [6, 6.07) is 18.7. The van der Waals surface area contributed by atoms with Crippen LogP contribution >= 0.6 is 39.1 Å². The van der Waals surface area contributed by atoms with Gasteiger partial charge in [0.25, 0.3) is 11.6 Å². The van der Waals surface area contributed by atoms with E-state index in [9.17, 15) is 20.2 Å². The number of rotatable bonds is 7. The lowest BCUT2D eigenvalue weighted by Crippen LogP contribution is -2.14. The van der Waals surface area contributed by atoms with Crippen LogP contribution in [0.5, 0.6) is 5.75 Å². The average molecular weight is 547 g/mol. The number of nitrogens with zero attached hydrogens (tertiary/aromatic N) is 2. The molecule has 0 spiro atoms. The van der Waals surface area contributed by atoms with Crippen LogP contribution in [0, 0.1) is 21.4 Å². The van der Waals surface area contributed by atoms with Crippen molar-refractivity contribution in [3.05, 3.63) is 102 Å². The summed E-state index contributed by atoms with van der Waals surface area (Å²) >= 11 is 15.5. The topological polar surface area (TPSA) is 105 Å². The van der Waals surface area contributed by atoms with Crippen LogP contribution in [0.1, 0.15) is 11.1 Å². The molecule has 0 unspecified atom stereocenters. The largest absolute Gasteiger partial charge is 0.488 e. The Balaban J connectivity index is 1.87. The fourth-order valence-corrected chi connectivity index (χ4v) is 3.72. The van der Waals surface area contributed by atoms with Gasteiger partial charge >= 0.3 is 0 Å². The Morgan fingerprint density at radius 3 is 2.42 bits per heavy atom. The molecule has 0 aliphatic carbocycles. The first kappa shape index (κ1) is 24.3. The molecule has 0 saturated heterocycles. The van der Waals surface area contributed by atoms with Gasteiger partial charge in [-0.05, 0) is 29.8 Å². The number of nitro benzene ring substituents is 1. The highest BCUT2D eigenvalue weighted by atomic mass is 79.9. The van der Waals surface area contributed by atoms with E-state index in [0.717, 1.165) is 22.2 Å². The molecule has 1 N–H and O–H groups in total. The molecule has 0 radical (unpaired) electrons. The SMILES string of the molecule is N#C/C(=C\c1cc(Br)ccc1OCc1ccccc1)C(=O)Nc1c(Cl)cc([N+](=O)[O-])cc1Cl. The molecule has 0 heterocycles. The summed E-state index contributed by atoms with van der Waals surface area (Å²) < 4.78 is 6.61. The first-order valence-corrected chi connectivity index (χ1v) is 10.9. The fourth-order valence-electron chi connectivity index (χ4n) is 2.77. The minimum absolute atomic E-state index is 0.0372. The lowest BCUT2D eigenvalue weighted by atomic mass is 10.1. The molecule has 3 rings (SSSR count). The van der Waals surface area contributed by atoms with Gasteiger partial charge in [-0.15, -0.1) is 0 Å². The minimum atomic E-state index is -0.788. The zero-order chi connectivity index (χ0) is 24.0. The molecule has 10 heteroatoms. The summed E-state index contributed by atoms with van der Waals surface area (Å²) in [6.07, 6.45) is 1.37. The van der Waals surface area contributed by atoms with Gasteiger partial charge in [-0.3, -0.25) is 14.9 Å². The van der Waals surface area contributed by atoms with E-state index in [-0.39, 0.29) is 27.0 Å². The van der Waals surface area contributed by atoms with Gasteiger partial charge in [-0.2, -0.15) is 5.26 Å². The highest BCUT2D eigenvalue weighted by Crippen LogP contribution is 2.35. The van der Waals surface area contributed by atoms with E-state index in [2.05, 4.69) is 21.2 Å². The standard InChI is InChI=1S/C23H14BrCl2N3O4/c24-17-6-7-21(33-13-14-4-2-1-3-5-14)15(9-17)8-16(12-27)23(30)28-22-19(25)10-18(29(31)32)11-20(22)26/h1-11H,13H2,(H,28,30)/b16-8+. The minimum Gasteiger partial charge on any atom is -0.488 e. The molecule has 7 nitrogen and oxygen atoms in total. The van der Waals surface area contributed by atoms with Crippen molar-refractivity contribution >= 4 is 62.5 Å². The van der Waals surface area contributed by atoms with Crippen LogP contribution in [-0.4, -0.2) is 10.8 Å². The Morgan fingerprint density at radius 2 is 1.82 bits per heavy atom. The molecule has 1 amide bonds. The number of carbonyl (C=O) groups is 1. The van der Waals surface area contributed by atoms with Gasteiger partial charge in [0.2, 0.25) is 0 Å². The van der Waals surface area contributed by atoms with Crippen molar-refractivity contribution in [3.8, 4) is 11.8 Å². The summed E-state index contributed by atoms with van der Waals surface area (Å²) in [6.45, 7) is 0.297. The van der Waals surface area contributed by atoms with E-state index < -0.39 is 10.8 Å². The Hall–Kier alpha value is -3.38. The summed E-state index contributed by atoms with van der Waals surface area (Å²) in [5.41, 5.74) is 0.838. The highest BCUT2D eigenvalue weighted by molar-refractivity contribution is 9.10. The van der Waals surface area contributed by atoms with Gasteiger partial charge in [0.15, 0.2) is 0 Å². The number of nitro groups is 1. The number of nitriles is 1. The van der Waals surface area contributed by atoms with Gasteiger partial charge in [0.05, 0.1) is 20.7 Å². The fraction of sp³-hybridized carbons (Fsp3) is 0.0435. The van der Waals surface area contributed by atoms with Crippen LogP contribution in [0.15, 0.2) is 70.7 Å². The summed E-state index contributed by atoms with van der Waals surface area (Å²) in [7, 11) is 0. The maximum Gasteiger partial charge on any atom is 0.272 e. The number of amides is 1. The van der Waals surface area contributed by atoms with Crippen molar-refractivity contribution in [2.24, 2.45) is 0 Å². The predicted octanol–water partition coefficient (Wildman–Crippen LogP) is 6.79. The van der Waals surface area contributed by atoms with Crippen LogP contribution in [0.4, 0.5) is 11.4 Å². The number of anilines is 1. The third-order valence-electron chi connectivity index (χ3n) is 4.35. The Kier molecular flexibility index (Phi) is 8.06. The molecule has 0 atom stereocenters. The molecule has 0 aliphatic rings. The van der Waals surface area contributed by atoms with E-state index in [1.54, 1.807) is 18.2 Å². The first-order valence-electron chi connectivity index (χ1n) is 9.31. The van der Waals surface area contributed by atoms with Crippen molar-refractivity contribution < 1.29 is 14.5 Å². The molecule has 3 aromatic rings. The number of ether oxygens (including phenoxy) is 1. The van der Waals surface area contributed by atoms with Crippen LogP contribution in [-0.2, 0) is 11.4 Å². The van der Waals surface area contributed by atoms with Crippen LogP contribution in [0.3, 0.4) is 0 Å². The number of nitrogens with one attached hydrogen (secondary N) is 1. The van der Waals surface area contributed by atoms with E-state index in [1.165, 1.54) is 6.08 Å². The quantitative estimate of drug-likeness (QED) is 0.152. The molecular formula is C23H14BrCl2N3O4. The summed E-state index contributed by atoms with van der Waals surface area (Å²) in [5.74, 6) is -0.321. The average Bonchev–Trinajstić information content (AvgIpc) is 2.79. The first-order chi connectivity index (χ1) is 15.8. The normalized spacial score (nSPS) is 10.9. The van der Waals surface area contributed by atoms with Gasteiger partial charge in [0, 0.05) is 22.2 Å². The van der Waals surface area contributed by atoms with E-state index >= 15 is 0 Å². The predicted molar refractivity (Wildman–Crippen MR) is 130 cm³/mol. The monoisotopic (exact) mass is 545 g/mol. The third-order valence-corrected chi connectivity index (χ3v) is 5.44. The zero-order valence-electron chi connectivity index (χ0n) is 16.7. The number of hydrogen-bond acceptors (Lipinski definition) is 5. The van der Waals surface area contributed by atoms with E-state index in [1.807, 2.05) is 36.4 Å². The molecule has 0 aliphatic heterocycles. The Labute approximate surface area is 207 Å². The summed E-state index contributed by atoms with van der Waals surface area (Å²) in [4.78, 5) is 23.0. The van der Waals surface area contributed by atoms with Crippen LogP contribution in [0.25, 0.3) is 6.08 Å². The Bertz CT molecular complexity index is 1270.